The number of aromatic nitrogens is 2. The third-order valence-corrected chi connectivity index (χ3v) is 5.93. The van der Waals surface area contributed by atoms with Crippen LogP contribution in [-0.2, 0) is 13.6 Å². The zero-order valence-electron chi connectivity index (χ0n) is 17.0. The molecule has 0 amide bonds. The van der Waals surface area contributed by atoms with Gasteiger partial charge in [-0.1, -0.05) is 29.8 Å². The Morgan fingerprint density at radius 2 is 1.77 bits per heavy atom. The van der Waals surface area contributed by atoms with Crippen molar-refractivity contribution in [2.75, 3.05) is 38.2 Å². The smallest absolute Gasteiger partial charge is 0.290 e. The van der Waals surface area contributed by atoms with Crippen molar-refractivity contribution in [2.45, 2.75) is 6.54 Å². The van der Waals surface area contributed by atoms with Gasteiger partial charge in [0, 0.05) is 45.8 Å². The van der Waals surface area contributed by atoms with Crippen molar-refractivity contribution in [1.82, 2.24) is 14.3 Å². The van der Waals surface area contributed by atoms with E-state index in [1.54, 1.807) is 17.9 Å². The number of halogens is 2. The maximum Gasteiger partial charge on any atom is 0.290 e. The van der Waals surface area contributed by atoms with E-state index < -0.39 is 0 Å². The van der Waals surface area contributed by atoms with Crippen LogP contribution in [0.15, 0.2) is 53.3 Å². The topological polar surface area (TPSA) is 42.6 Å². The molecule has 0 aliphatic carbocycles. The number of hydrogen-bond donors (Lipinski definition) is 0. The molecule has 1 aliphatic rings. The molecule has 0 spiro atoms. The number of benzene rings is 2. The van der Waals surface area contributed by atoms with E-state index in [2.05, 4.69) is 9.80 Å². The molecule has 1 aliphatic heterocycles. The molecule has 3 aromatic rings. The fourth-order valence-electron chi connectivity index (χ4n) is 3.92. The van der Waals surface area contributed by atoms with Crippen LogP contribution in [0.4, 0.5) is 10.1 Å². The van der Waals surface area contributed by atoms with Gasteiger partial charge in [0.1, 0.15) is 16.6 Å². The maximum atomic E-state index is 13.5. The van der Waals surface area contributed by atoms with Crippen molar-refractivity contribution in [3.05, 3.63) is 75.4 Å². The lowest BCUT2D eigenvalue weighted by molar-refractivity contribution is 0.242. The number of anilines is 1. The highest BCUT2D eigenvalue weighted by molar-refractivity contribution is 6.31. The summed E-state index contributed by atoms with van der Waals surface area (Å²) in [5.74, 6) is 0.224. The zero-order chi connectivity index (χ0) is 21.3. The van der Waals surface area contributed by atoms with Crippen molar-refractivity contribution in [3.63, 3.8) is 0 Å². The van der Waals surface area contributed by atoms with Gasteiger partial charge in [-0.05, 0) is 24.3 Å². The highest BCUT2D eigenvalue weighted by atomic mass is 35.5. The van der Waals surface area contributed by atoms with E-state index in [4.69, 9.17) is 16.3 Å². The molecular formula is C22H24ClFN4O2. The number of ether oxygens (including phenoxy) is 1. The van der Waals surface area contributed by atoms with Crippen molar-refractivity contribution in [3.8, 4) is 11.4 Å². The molecule has 2 aromatic carbocycles. The standard InChI is InChI=1S/C22H24ClFN4O2/c1-25-19(21(23)22(29)28(25)17-6-4-3-5-7-17)15-26-10-12-27(13-11-26)18-9-8-16(24)14-20(18)30-2/h3-9,14H,10-13,15H2,1-2H3. The first-order valence-corrected chi connectivity index (χ1v) is 10.2. The largest absolute Gasteiger partial charge is 0.494 e. The first kappa shape index (κ1) is 20.5. The van der Waals surface area contributed by atoms with Gasteiger partial charge in [-0.15, -0.1) is 0 Å². The predicted molar refractivity (Wildman–Crippen MR) is 116 cm³/mol. The van der Waals surface area contributed by atoms with Crippen LogP contribution in [0.1, 0.15) is 5.69 Å². The van der Waals surface area contributed by atoms with E-state index >= 15 is 0 Å². The monoisotopic (exact) mass is 430 g/mol. The van der Waals surface area contributed by atoms with Crippen LogP contribution < -0.4 is 15.2 Å². The second kappa shape index (κ2) is 8.53. The average molecular weight is 431 g/mol. The number of nitrogens with zero attached hydrogens (tertiary/aromatic N) is 4. The summed E-state index contributed by atoms with van der Waals surface area (Å²) in [5.41, 5.74) is 2.25. The molecule has 6 nitrogen and oxygen atoms in total. The summed E-state index contributed by atoms with van der Waals surface area (Å²) < 4.78 is 22.3. The molecule has 1 aromatic heterocycles. The molecule has 0 bridgehead atoms. The molecule has 4 rings (SSSR count). The third kappa shape index (κ3) is 3.82. The van der Waals surface area contributed by atoms with Gasteiger partial charge in [0.05, 0.1) is 24.2 Å². The number of para-hydroxylation sites is 1. The summed E-state index contributed by atoms with van der Waals surface area (Å²) in [4.78, 5) is 17.2. The van der Waals surface area contributed by atoms with Gasteiger partial charge >= 0.3 is 0 Å². The minimum absolute atomic E-state index is 0.213. The molecule has 158 valence electrons. The molecule has 2 heterocycles. The van der Waals surface area contributed by atoms with Crippen LogP contribution in [-0.4, -0.2) is 47.6 Å². The van der Waals surface area contributed by atoms with Gasteiger partial charge in [0.15, 0.2) is 0 Å². The molecule has 0 atom stereocenters. The molecule has 0 saturated carbocycles. The van der Waals surface area contributed by atoms with Gasteiger partial charge in [-0.25, -0.2) is 9.07 Å². The summed E-state index contributed by atoms with van der Waals surface area (Å²) in [6.07, 6.45) is 0. The molecule has 0 unspecified atom stereocenters. The Kier molecular flexibility index (Phi) is 5.83. The molecule has 0 N–H and O–H groups in total. The van der Waals surface area contributed by atoms with Gasteiger partial charge in [-0.2, -0.15) is 0 Å². The van der Waals surface area contributed by atoms with Crippen LogP contribution >= 0.6 is 11.6 Å². The van der Waals surface area contributed by atoms with Gasteiger partial charge in [0.25, 0.3) is 5.56 Å². The summed E-state index contributed by atoms with van der Waals surface area (Å²) in [6, 6.07) is 14.1. The minimum Gasteiger partial charge on any atom is -0.494 e. The number of rotatable bonds is 5. The van der Waals surface area contributed by atoms with Gasteiger partial charge in [0.2, 0.25) is 0 Å². The average Bonchev–Trinajstić information content (AvgIpc) is 2.98. The summed E-state index contributed by atoms with van der Waals surface area (Å²) in [6.45, 7) is 3.71. The molecule has 1 fully saturated rings. The summed E-state index contributed by atoms with van der Waals surface area (Å²) >= 11 is 6.42. The summed E-state index contributed by atoms with van der Waals surface area (Å²) in [5, 5.41) is 0.254. The Morgan fingerprint density at radius 1 is 1.07 bits per heavy atom. The lowest BCUT2D eigenvalue weighted by atomic mass is 10.2. The molecular weight excluding hydrogens is 407 g/mol. The van der Waals surface area contributed by atoms with Crippen LogP contribution in [0.25, 0.3) is 5.69 Å². The lowest BCUT2D eigenvalue weighted by Gasteiger charge is -2.36. The van der Waals surface area contributed by atoms with Crippen molar-refractivity contribution < 1.29 is 9.13 Å². The first-order valence-electron chi connectivity index (χ1n) is 9.82. The Bertz CT molecular complexity index is 1090. The second-order valence-electron chi connectivity index (χ2n) is 7.32. The minimum atomic E-state index is -0.312. The fraction of sp³-hybridized carbons (Fsp3) is 0.318. The highest BCUT2D eigenvalue weighted by Gasteiger charge is 2.24. The number of methoxy groups -OCH3 is 1. The quantitative estimate of drug-likeness (QED) is 0.623. The van der Waals surface area contributed by atoms with E-state index in [-0.39, 0.29) is 16.4 Å². The molecule has 0 radical (unpaired) electrons. The van der Waals surface area contributed by atoms with Crippen molar-refractivity contribution >= 4 is 17.3 Å². The van der Waals surface area contributed by atoms with Crippen molar-refractivity contribution in [2.24, 2.45) is 7.05 Å². The van der Waals surface area contributed by atoms with Crippen LogP contribution in [0, 0.1) is 5.82 Å². The van der Waals surface area contributed by atoms with Crippen LogP contribution in [0.3, 0.4) is 0 Å². The Morgan fingerprint density at radius 3 is 2.43 bits per heavy atom. The van der Waals surface area contributed by atoms with Gasteiger partial charge < -0.3 is 9.64 Å². The SMILES string of the molecule is COc1cc(F)ccc1N1CCN(Cc2c(Cl)c(=O)n(-c3ccccc3)n2C)CC1. The lowest BCUT2D eigenvalue weighted by Crippen LogP contribution is -2.46. The number of piperazine rings is 1. The first-order chi connectivity index (χ1) is 14.5. The number of hydrogen-bond acceptors (Lipinski definition) is 4. The Labute approximate surface area is 179 Å². The second-order valence-corrected chi connectivity index (χ2v) is 7.69. The third-order valence-electron chi connectivity index (χ3n) is 5.55. The fourth-order valence-corrected chi connectivity index (χ4v) is 4.18. The van der Waals surface area contributed by atoms with Gasteiger partial charge in [-0.3, -0.25) is 14.4 Å². The van der Waals surface area contributed by atoms with E-state index in [0.29, 0.717) is 12.3 Å². The molecule has 8 heteroatoms. The summed E-state index contributed by atoms with van der Waals surface area (Å²) in [7, 11) is 3.41. The molecule has 1 saturated heterocycles. The Hall–Kier alpha value is -2.77. The highest BCUT2D eigenvalue weighted by Crippen LogP contribution is 2.30. The molecule has 30 heavy (non-hydrogen) atoms. The Balaban J connectivity index is 1.49. The van der Waals surface area contributed by atoms with E-state index in [9.17, 15) is 9.18 Å². The van der Waals surface area contributed by atoms with E-state index in [1.165, 1.54) is 12.1 Å². The zero-order valence-corrected chi connectivity index (χ0v) is 17.8. The maximum absolute atomic E-state index is 13.5. The van der Waals surface area contributed by atoms with Crippen LogP contribution in [0.5, 0.6) is 5.75 Å². The van der Waals surface area contributed by atoms with E-state index in [0.717, 1.165) is 43.2 Å². The predicted octanol–water partition coefficient (Wildman–Crippen LogP) is 3.30. The van der Waals surface area contributed by atoms with Crippen LogP contribution in [0.2, 0.25) is 5.02 Å². The van der Waals surface area contributed by atoms with E-state index in [1.807, 2.05) is 42.1 Å². The normalized spacial score (nSPS) is 14.9. The van der Waals surface area contributed by atoms with Crippen molar-refractivity contribution in [1.29, 1.82) is 0 Å².